The Balaban J connectivity index is 1.56. The second kappa shape index (κ2) is 8.72. The number of fused-ring (bicyclic) bond motifs is 2. The molecule has 1 unspecified atom stereocenters. The molecule has 0 bridgehead atoms. The van der Waals surface area contributed by atoms with E-state index < -0.39 is 37.1 Å². The van der Waals surface area contributed by atoms with E-state index in [1.807, 2.05) is 48.5 Å². The third-order valence-electron chi connectivity index (χ3n) is 6.06. The minimum atomic E-state index is -1.42. The molecule has 1 aromatic heterocycles. The van der Waals surface area contributed by atoms with E-state index in [0.717, 1.165) is 27.3 Å². The summed E-state index contributed by atoms with van der Waals surface area (Å²) in [5.41, 5.74) is 1.76. The number of ether oxygens (including phenoxy) is 1. The first-order valence-electron chi connectivity index (χ1n) is 10.4. The fraction of sp³-hybridized carbons (Fsp3) is 0.280. The molecule has 0 amide bonds. The van der Waals surface area contributed by atoms with Gasteiger partial charge in [-0.25, -0.2) is 0 Å². The molecule has 1 aliphatic heterocycles. The van der Waals surface area contributed by atoms with Crippen molar-refractivity contribution in [2.75, 3.05) is 6.61 Å². The van der Waals surface area contributed by atoms with Gasteiger partial charge in [-0.15, -0.1) is 11.3 Å². The number of thiophene rings is 1. The first kappa shape index (κ1) is 21.8. The van der Waals surface area contributed by atoms with Gasteiger partial charge in [0.1, 0.15) is 30.5 Å². The summed E-state index contributed by atoms with van der Waals surface area (Å²) in [6, 6.07) is 19.9. The van der Waals surface area contributed by atoms with Crippen molar-refractivity contribution >= 4 is 43.8 Å². The number of hydrogen-bond acceptors (Lipinski definition) is 6. The predicted octanol–water partition coefficient (Wildman–Crippen LogP) is 3.81. The van der Waals surface area contributed by atoms with E-state index >= 15 is 0 Å². The van der Waals surface area contributed by atoms with Crippen LogP contribution in [0.25, 0.3) is 20.9 Å². The lowest BCUT2D eigenvalue weighted by Gasteiger charge is -2.40. The summed E-state index contributed by atoms with van der Waals surface area (Å²) in [6.07, 6.45) is -5.26. The second-order valence-electron chi connectivity index (χ2n) is 8.23. The minimum absolute atomic E-state index is 0.455. The van der Waals surface area contributed by atoms with Crippen LogP contribution in [0.15, 0.2) is 60.7 Å². The van der Waals surface area contributed by atoms with Crippen LogP contribution in [0.5, 0.6) is 0 Å². The van der Waals surface area contributed by atoms with Crippen LogP contribution in [0.3, 0.4) is 0 Å². The van der Waals surface area contributed by atoms with Gasteiger partial charge < -0.3 is 25.2 Å². The highest BCUT2D eigenvalue weighted by molar-refractivity contribution is 7.19. The predicted molar refractivity (Wildman–Crippen MR) is 126 cm³/mol. The van der Waals surface area contributed by atoms with E-state index in [9.17, 15) is 20.4 Å². The van der Waals surface area contributed by atoms with Gasteiger partial charge in [0.2, 0.25) is 0 Å². The van der Waals surface area contributed by atoms with Gasteiger partial charge in [0.25, 0.3) is 0 Å². The lowest BCUT2D eigenvalue weighted by molar-refractivity contribution is -0.231. The van der Waals surface area contributed by atoms with Crippen molar-refractivity contribution in [2.24, 2.45) is 0 Å². The molecule has 7 heteroatoms. The number of aliphatic hydroxyl groups is 4. The van der Waals surface area contributed by atoms with Crippen molar-refractivity contribution in [3.05, 3.63) is 81.7 Å². The van der Waals surface area contributed by atoms with Gasteiger partial charge in [-0.3, -0.25) is 0 Å². The molecule has 4 N–H and O–H groups in total. The van der Waals surface area contributed by atoms with Crippen LogP contribution >= 0.6 is 22.9 Å². The zero-order valence-corrected chi connectivity index (χ0v) is 18.6. The summed E-state index contributed by atoms with van der Waals surface area (Å²) in [5.74, 6) is 0. The Labute approximate surface area is 194 Å². The van der Waals surface area contributed by atoms with E-state index in [1.165, 1.54) is 9.58 Å². The van der Waals surface area contributed by atoms with Gasteiger partial charge in [0, 0.05) is 21.0 Å². The highest BCUT2D eigenvalue weighted by Gasteiger charge is 2.44. The Morgan fingerprint density at radius 3 is 2.50 bits per heavy atom. The molecule has 2 heterocycles. The Morgan fingerprint density at radius 1 is 0.875 bits per heavy atom. The fourth-order valence-electron chi connectivity index (χ4n) is 4.46. The maximum absolute atomic E-state index is 10.7. The quantitative estimate of drug-likeness (QED) is 0.364. The summed E-state index contributed by atoms with van der Waals surface area (Å²) in [7, 11) is 0. The zero-order valence-electron chi connectivity index (χ0n) is 17.1. The average molecular weight is 471 g/mol. The van der Waals surface area contributed by atoms with Gasteiger partial charge >= 0.3 is 0 Å². The normalized spacial score (nSPS) is 26.1. The summed E-state index contributed by atoms with van der Waals surface area (Å²) >= 11 is 7.84. The minimum Gasteiger partial charge on any atom is -0.394 e. The van der Waals surface area contributed by atoms with Crippen molar-refractivity contribution in [3.63, 3.8) is 0 Å². The van der Waals surface area contributed by atoms with Crippen LogP contribution in [0.2, 0.25) is 5.02 Å². The first-order chi connectivity index (χ1) is 15.4. The van der Waals surface area contributed by atoms with E-state index in [2.05, 4.69) is 12.1 Å². The molecule has 1 aliphatic rings. The molecule has 5 rings (SSSR count). The summed E-state index contributed by atoms with van der Waals surface area (Å²) in [4.78, 5) is 1.18. The smallest absolute Gasteiger partial charge is 0.113 e. The number of benzene rings is 3. The number of halogens is 1. The number of aliphatic hydroxyl groups excluding tert-OH is 4. The van der Waals surface area contributed by atoms with E-state index in [1.54, 1.807) is 11.3 Å². The maximum Gasteiger partial charge on any atom is 0.113 e. The molecule has 5 atom stereocenters. The molecule has 0 aliphatic carbocycles. The third kappa shape index (κ3) is 3.93. The van der Waals surface area contributed by atoms with Gasteiger partial charge in [-0.2, -0.15) is 0 Å². The molecule has 0 saturated carbocycles. The standard InChI is InChI=1S/C25H23ClO5S/c26-16-5-6-21-15(10-16)11-17(32-21)8-13-7-14-3-1-2-4-18(14)19(9-13)25-24(30)23(29)22(28)20(12-27)31-25/h1-7,9-11,20,22-25,27-30H,8,12H2/t20-,22?,23+,24-,25+/m1/s1. The summed E-state index contributed by atoms with van der Waals surface area (Å²) in [5, 5.41) is 44.5. The topological polar surface area (TPSA) is 90.2 Å². The summed E-state index contributed by atoms with van der Waals surface area (Å²) in [6.45, 7) is -0.455. The van der Waals surface area contributed by atoms with Crippen LogP contribution in [-0.2, 0) is 11.2 Å². The molecule has 32 heavy (non-hydrogen) atoms. The van der Waals surface area contributed by atoms with Crippen molar-refractivity contribution in [2.45, 2.75) is 36.9 Å². The van der Waals surface area contributed by atoms with Crippen LogP contribution in [0.1, 0.15) is 22.1 Å². The lowest BCUT2D eigenvalue weighted by Crippen LogP contribution is -2.55. The molecule has 0 spiro atoms. The lowest BCUT2D eigenvalue weighted by atomic mass is 9.87. The van der Waals surface area contributed by atoms with Crippen molar-refractivity contribution in [1.29, 1.82) is 0 Å². The number of rotatable bonds is 4. The molecule has 1 fully saturated rings. The van der Waals surface area contributed by atoms with Gasteiger partial charge in [0.15, 0.2) is 0 Å². The largest absolute Gasteiger partial charge is 0.394 e. The molecule has 3 aromatic carbocycles. The van der Waals surface area contributed by atoms with Crippen molar-refractivity contribution < 1.29 is 25.2 Å². The SMILES string of the molecule is OC[C@H]1O[C@@H](c2cc(Cc3cc4cc(Cl)ccc4s3)cc3ccccc23)[C@H](O)[C@@H](O)C1O. The third-order valence-corrected chi connectivity index (χ3v) is 7.41. The van der Waals surface area contributed by atoms with E-state index in [-0.39, 0.29) is 0 Å². The van der Waals surface area contributed by atoms with Crippen LogP contribution in [0, 0.1) is 0 Å². The van der Waals surface area contributed by atoms with Crippen LogP contribution in [-0.4, -0.2) is 51.4 Å². The molecular weight excluding hydrogens is 448 g/mol. The molecule has 166 valence electrons. The van der Waals surface area contributed by atoms with Crippen LogP contribution < -0.4 is 0 Å². The van der Waals surface area contributed by atoms with E-state index in [0.29, 0.717) is 11.4 Å². The van der Waals surface area contributed by atoms with Crippen LogP contribution in [0.4, 0.5) is 0 Å². The Hall–Kier alpha value is -2.03. The first-order valence-corrected chi connectivity index (χ1v) is 11.6. The summed E-state index contributed by atoms with van der Waals surface area (Å²) < 4.78 is 7.04. The molecule has 0 radical (unpaired) electrons. The molecular formula is C25H23ClO5S. The van der Waals surface area contributed by atoms with Gasteiger partial charge in [0.05, 0.1) is 6.61 Å². The average Bonchev–Trinajstić information content (AvgIpc) is 3.18. The fourth-order valence-corrected chi connectivity index (χ4v) is 5.72. The Kier molecular flexibility index (Phi) is 5.94. The Bertz CT molecular complexity index is 1270. The highest BCUT2D eigenvalue weighted by Crippen LogP contribution is 2.38. The Morgan fingerprint density at radius 2 is 1.69 bits per heavy atom. The highest BCUT2D eigenvalue weighted by atomic mass is 35.5. The molecule has 4 aromatic rings. The number of hydrogen-bond donors (Lipinski definition) is 4. The van der Waals surface area contributed by atoms with Crippen molar-refractivity contribution in [1.82, 2.24) is 0 Å². The molecule has 5 nitrogen and oxygen atoms in total. The zero-order chi connectivity index (χ0) is 22.4. The van der Waals surface area contributed by atoms with E-state index in [4.69, 9.17) is 16.3 Å². The maximum atomic E-state index is 10.7. The monoisotopic (exact) mass is 470 g/mol. The van der Waals surface area contributed by atoms with Gasteiger partial charge in [-0.05, 0) is 51.6 Å². The second-order valence-corrected chi connectivity index (χ2v) is 9.83. The molecule has 1 saturated heterocycles. The van der Waals surface area contributed by atoms with Crippen molar-refractivity contribution in [3.8, 4) is 0 Å². The van der Waals surface area contributed by atoms with Gasteiger partial charge in [-0.1, -0.05) is 48.0 Å².